The standard InChI is InChI=1S/C13H19F2NO4/c1-19-12(18)10-8-16(6-7-20-10)11(17)9-2-4-13(14,15)5-3-9/h9-10H,2-8H2,1H3. The van der Waals surface area contributed by atoms with Crippen molar-refractivity contribution in [2.75, 3.05) is 26.8 Å². The number of hydrogen-bond acceptors (Lipinski definition) is 4. The fourth-order valence-electron chi connectivity index (χ4n) is 2.67. The Morgan fingerprint density at radius 2 is 1.95 bits per heavy atom. The van der Waals surface area contributed by atoms with E-state index in [0.717, 1.165) is 0 Å². The Bertz CT molecular complexity index is 379. The molecular formula is C13H19F2NO4. The molecule has 1 saturated heterocycles. The number of methoxy groups -OCH3 is 1. The first-order chi connectivity index (χ1) is 9.43. The van der Waals surface area contributed by atoms with Crippen molar-refractivity contribution in [2.24, 2.45) is 5.92 Å². The van der Waals surface area contributed by atoms with Crippen LogP contribution < -0.4 is 0 Å². The maximum absolute atomic E-state index is 13.1. The predicted octanol–water partition coefficient (Wildman–Crippen LogP) is 1.21. The molecule has 2 aliphatic rings. The monoisotopic (exact) mass is 291 g/mol. The first kappa shape index (κ1) is 15.2. The van der Waals surface area contributed by atoms with E-state index in [1.807, 2.05) is 0 Å². The number of rotatable bonds is 2. The third-order valence-electron chi connectivity index (χ3n) is 3.91. The van der Waals surface area contributed by atoms with Gasteiger partial charge in [0.25, 0.3) is 0 Å². The molecule has 2 rings (SSSR count). The van der Waals surface area contributed by atoms with Crippen molar-refractivity contribution < 1.29 is 27.8 Å². The van der Waals surface area contributed by atoms with Crippen LogP contribution >= 0.6 is 0 Å². The maximum Gasteiger partial charge on any atom is 0.336 e. The van der Waals surface area contributed by atoms with Crippen molar-refractivity contribution in [3.05, 3.63) is 0 Å². The summed E-state index contributed by atoms with van der Waals surface area (Å²) in [4.78, 5) is 25.2. The zero-order valence-electron chi connectivity index (χ0n) is 11.4. The van der Waals surface area contributed by atoms with Crippen LogP contribution in [0.1, 0.15) is 25.7 Å². The van der Waals surface area contributed by atoms with Crippen molar-refractivity contribution in [3.63, 3.8) is 0 Å². The van der Waals surface area contributed by atoms with E-state index in [1.165, 1.54) is 12.0 Å². The summed E-state index contributed by atoms with van der Waals surface area (Å²) in [5, 5.41) is 0. The van der Waals surface area contributed by atoms with Gasteiger partial charge in [-0.1, -0.05) is 0 Å². The topological polar surface area (TPSA) is 55.8 Å². The molecule has 114 valence electrons. The molecule has 0 aromatic heterocycles. The maximum atomic E-state index is 13.1. The van der Waals surface area contributed by atoms with Gasteiger partial charge in [-0.3, -0.25) is 4.79 Å². The molecule has 0 spiro atoms. The van der Waals surface area contributed by atoms with Gasteiger partial charge in [0.2, 0.25) is 11.8 Å². The van der Waals surface area contributed by atoms with Gasteiger partial charge in [0.1, 0.15) is 0 Å². The molecule has 1 heterocycles. The van der Waals surface area contributed by atoms with Crippen molar-refractivity contribution in [1.82, 2.24) is 4.90 Å². The number of esters is 1. The molecule has 0 aromatic rings. The van der Waals surface area contributed by atoms with E-state index >= 15 is 0 Å². The highest BCUT2D eigenvalue weighted by atomic mass is 19.3. The number of halogens is 2. The third kappa shape index (κ3) is 3.45. The summed E-state index contributed by atoms with van der Waals surface area (Å²) in [7, 11) is 1.26. The van der Waals surface area contributed by atoms with Crippen LogP contribution in [0, 0.1) is 5.92 Å². The van der Waals surface area contributed by atoms with E-state index < -0.39 is 18.0 Å². The minimum atomic E-state index is -2.64. The van der Waals surface area contributed by atoms with Gasteiger partial charge in [-0.25, -0.2) is 13.6 Å². The first-order valence-corrected chi connectivity index (χ1v) is 6.79. The molecule has 2 fully saturated rings. The molecule has 1 atom stereocenters. The molecule has 20 heavy (non-hydrogen) atoms. The second-order valence-corrected chi connectivity index (χ2v) is 5.30. The predicted molar refractivity (Wildman–Crippen MR) is 65.2 cm³/mol. The van der Waals surface area contributed by atoms with Crippen LogP contribution in [0.15, 0.2) is 0 Å². The van der Waals surface area contributed by atoms with Crippen LogP contribution in [0.5, 0.6) is 0 Å². The van der Waals surface area contributed by atoms with E-state index in [1.54, 1.807) is 0 Å². The van der Waals surface area contributed by atoms with E-state index in [9.17, 15) is 18.4 Å². The van der Waals surface area contributed by atoms with Gasteiger partial charge in [-0.15, -0.1) is 0 Å². The summed E-state index contributed by atoms with van der Waals surface area (Å²) in [5.41, 5.74) is 0. The lowest BCUT2D eigenvalue weighted by molar-refractivity contribution is -0.164. The molecule has 0 bridgehead atoms. The number of nitrogens with zero attached hydrogens (tertiary/aromatic N) is 1. The van der Waals surface area contributed by atoms with Crippen molar-refractivity contribution in [2.45, 2.75) is 37.7 Å². The Labute approximate surface area is 116 Å². The van der Waals surface area contributed by atoms with Gasteiger partial charge in [0.15, 0.2) is 6.10 Å². The minimum Gasteiger partial charge on any atom is -0.467 e. The van der Waals surface area contributed by atoms with Crippen LogP contribution in [0.3, 0.4) is 0 Å². The summed E-state index contributed by atoms with van der Waals surface area (Å²) in [5.74, 6) is -3.68. The van der Waals surface area contributed by atoms with E-state index in [4.69, 9.17) is 4.74 Å². The Balaban J connectivity index is 1.91. The summed E-state index contributed by atoms with van der Waals surface area (Å²) in [6.07, 6.45) is -0.858. The molecule has 1 unspecified atom stereocenters. The second-order valence-electron chi connectivity index (χ2n) is 5.30. The van der Waals surface area contributed by atoms with Gasteiger partial charge in [0, 0.05) is 25.3 Å². The number of morpholine rings is 1. The Hall–Kier alpha value is -1.24. The lowest BCUT2D eigenvalue weighted by Crippen LogP contribution is -2.51. The highest BCUT2D eigenvalue weighted by Crippen LogP contribution is 2.37. The molecule has 1 saturated carbocycles. The van der Waals surface area contributed by atoms with Crippen LogP contribution in [-0.4, -0.2) is 55.6 Å². The summed E-state index contributed by atoms with van der Waals surface area (Å²) in [6, 6.07) is 0. The highest BCUT2D eigenvalue weighted by molar-refractivity contribution is 5.81. The van der Waals surface area contributed by atoms with E-state index in [-0.39, 0.29) is 50.7 Å². The quantitative estimate of drug-likeness (QED) is 0.718. The molecule has 1 aliphatic carbocycles. The van der Waals surface area contributed by atoms with Gasteiger partial charge in [0.05, 0.1) is 20.3 Å². The average Bonchev–Trinajstić information content (AvgIpc) is 2.46. The normalized spacial score (nSPS) is 27.1. The molecule has 0 aromatic carbocycles. The van der Waals surface area contributed by atoms with Crippen molar-refractivity contribution in [1.29, 1.82) is 0 Å². The van der Waals surface area contributed by atoms with E-state index in [0.29, 0.717) is 6.54 Å². The van der Waals surface area contributed by atoms with Crippen LogP contribution in [0.25, 0.3) is 0 Å². The van der Waals surface area contributed by atoms with Crippen LogP contribution in [-0.2, 0) is 19.1 Å². The summed E-state index contributed by atoms with van der Waals surface area (Å²) in [6.45, 7) is 0.784. The molecule has 0 radical (unpaired) electrons. The summed E-state index contributed by atoms with van der Waals surface area (Å²) < 4.78 is 36.0. The fourth-order valence-corrected chi connectivity index (χ4v) is 2.67. The third-order valence-corrected chi connectivity index (χ3v) is 3.91. The van der Waals surface area contributed by atoms with Gasteiger partial charge >= 0.3 is 5.97 Å². The van der Waals surface area contributed by atoms with Crippen LogP contribution in [0.4, 0.5) is 8.78 Å². The number of hydrogen-bond donors (Lipinski definition) is 0. The second kappa shape index (κ2) is 6.03. The molecular weight excluding hydrogens is 272 g/mol. The van der Waals surface area contributed by atoms with Gasteiger partial charge < -0.3 is 14.4 Å². The first-order valence-electron chi connectivity index (χ1n) is 6.79. The number of ether oxygens (including phenoxy) is 2. The smallest absolute Gasteiger partial charge is 0.336 e. The number of carbonyl (C=O) groups excluding carboxylic acids is 2. The fraction of sp³-hybridized carbons (Fsp3) is 0.846. The SMILES string of the molecule is COC(=O)C1CN(C(=O)C2CCC(F)(F)CC2)CCO1. The number of amides is 1. The molecule has 1 amide bonds. The number of alkyl halides is 2. The van der Waals surface area contributed by atoms with Crippen molar-refractivity contribution in [3.8, 4) is 0 Å². The molecule has 1 aliphatic heterocycles. The molecule has 0 N–H and O–H groups in total. The minimum absolute atomic E-state index is 0.137. The van der Waals surface area contributed by atoms with E-state index in [2.05, 4.69) is 4.74 Å². The summed E-state index contributed by atoms with van der Waals surface area (Å²) >= 11 is 0. The highest BCUT2D eigenvalue weighted by Gasteiger charge is 2.40. The zero-order chi connectivity index (χ0) is 14.8. The van der Waals surface area contributed by atoms with Gasteiger partial charge in [-0.05, 0) is 12.8 Å². The lowest BCUT2D eigenvalue weighted by atomic mass is 9.85. The van der Waals surface area contributed by atoms with Gasteiger partial charge in [-0.2, -0.15) is 0 Å². The molecule has 7 heteroatoms. The Morgan fingerprint density at radius 3 is 2.55 bits per heavy atom. The lowest BCUT2D eigenvalue weighted by Gasteiger charge is -2.36. The number of carbonyl (C=O) groups is 2. The van der Waals surface area contributed by atoms with Crippen molar-refractivity contribution >= 4 is 11.9 Å². The Morgan fingerprint density at radius 1 is 1.30 bits per heavy atom. The van der Waals surface area contributed by atoms with Crippen LogP contribution in [0.2, 0.25) is 0 Å². The zero-order valence-corrected chi connectivity index (χ0v) is 11.4. The molecule has 5 nitrogen and oxygen atoms in total. The largest absolute Gasteiger partial charge is 0.467 e. The average molecular weight is 291 g/mol. The Kier molecular flexibility index (Phi) is 4.57.